The summed E-state index contributed by atoms with van der Waals surface area (Å²) in [4.78, 5) is 4.19. The minimum Gasteiger partial charge on any atom is -0.388 e. The molecule has 20 heavy (non-hydrogen) atoms. The van der Waals surface area contributed by atoms with Crippen molar-refractivity contribution in [3.8, 4) is 0 Å². The van der Waals surface area contributed by atoms with E-state index in [0.29, 0.717) is 5.92 Å². The van der Waals surface area contributed by atoms with Crippen LogP contribution in [0.2, 0.25) is 0 Å². The fourth-order valence-electron chi connectivity index (χ4n) is 3.28. The fraction of sp³-hybridized carbons (Fsp3) is 0.389. The molecule has 0 saturated heterocycles. The summed E-state index contributed by atoms with van der Waals surface area (Å²) in [6.07, 6.45) is 5.77. The van der Waals surface area contributed by atoms with E-state index in [1.165, 1.54) is 30.4 Å². The van der Waals surface area contributed by atoms with Gasteiger partial charge in [0, 0.05) is 11.9 Å². The number of aryl methyl sites for hydroxylation is 2. The lowest BCUT2D eigenvalue weighted by Gasteiger charge is -2.27. The highest BCUT2D eigenvalue weighted by Crippen LogP contribution is 2.37. The van der Waals surface area contributed by atoms with E-state index in [9.17, 15) is 5.11 Å². The number of hydrogen-bond acceptors (Lipinski definition) is 2. The van der Waals surface area contributed by atoms with Crippen LogP contribution in [0.15, 0.2) is 42.6 Å². The Balaban J connectivity index is 1.79. The van der Waals surface area contributed by atoms with E-state index in [1.54, 1.807) is 6.20 Å². The van der Waals surface area contributed by atoms with Crippen molar-refractivity contribution in [3.63, 3.8) is 0 Å². The SMILES string of the molecule is Cc1cc(C(O)CC2CCCc3ccccc32)ccn1. The molecule has 1 aromatic carbocycles. The molecule has 1 aliphatic carbocycles. The van der Waals surface area contributed by atoms with Crippen molar-refractivity contribution in [2.45, 2.75) is 44.6 Å². The van der Waals surface area contributed by atoms with Crippen LogP contribution in [0.1, 0.15) is 53.7 Å². The number of aliphatic hydroxyl groups is 1. The number of benzene rings is 1. The molecule has 0 fully saturated rings. The van der Waals surface area contributed by atoms with E-state index in [-0.39, 0.29) is 0 Å². The van der Waals surface area contributed by atoms with E-state index < -0.39 is 6.10 Å². The zero-order chi connectivity index (χ0) is 13.9. The molecule has 104 valence electrons. The highest BCUT2D eigenvalue weighted by Gasteiger charge is 2.23. The molecule has 0 aliphatic heterocycles. The summed E-state index contributed by atoms with van der Waals surface area (Å²) >= 11 is 0. The van der Waals surface area contributed by atoms with Gasteiger partial charge in [-0.25, -0.2) is 0 Å². The van der Waals surface area contributed by atoms with E-state index in [4.69, 9.17) is 0 Å². The summed E-state index contributed by atoms with van der Waals surface area (Å²) in [6, 6.07) is 12.6. The molecule has 2 unspecified atom stereocenters. The van der Waals surface area contributed by atoms with Crippen molar-refractivity contribution in [2.24, 2.45) is 0 Å². The quantitative estimate of drug-likeness (QED) is 0.914. The average Bonchev–Trinajstić information content (AvgIpc) is 2.47. The first-order chi connectivity index (χ1) is 9.74. The molecular formula is C18H21NO. The Morgan fingerprint density at radius 3 is 3.00 bits per heavy atom. The van der Waals surface area contributed by atoms with E-state index in [0.717, 1.165) is 17.7 Å². The Morgan fingerprint density at radius 2 is 2.15 bits per heavy atom. The van der Waals surface area contributed by atoms with Crippen LogP contribution in [-0.2, 0) is 6.42 Å². The molecule has 0 radical (unpaired) electrons. The van der Waals surface area contributed by atoms with Gasteiger partial charge in [-0.05, 0) is 67.3 Å². The lowest BCUT2D eigenvalue weighted by Crippen LogP contribution is -2.13. The summed E-state index contributed by atoms with van der Waals surface area (Å²) in [7, 11) is 0. The largest absolute Gasteiger partial charge is 0.388 e. The van der Waals surface area contributed by atoms with E-state index in [2.05, 4.69) is 29.2 Å². The van der Waals surface area contributed by atoms with Gasteiger partial charge in [-0.3, -0.25) is 4.98 Å². The molecule has 2 nitrogen and oxygen atoms in total. The van der Waals surface area contributed by atoms with Crippen molar-refractivity contribution in [1.82, 2.24) is 4.98 Å². The minimum atomic E-state index is -0.396. The van der Waals surface area contributed by atoms with Crippen LogP contribution < -0.4 is 0 Å². The van der Waals surface area contributed by atoms with Gasteiger partial charge in [-0.2, -0.15) is 0 Å². The monoisotopic (exact) mass is 267 g/mol. The number of aliphatic hydroxyl groups excluding tert-OH is 1. The fourth-order valence-corrected chi connectivity index (χ4v) is 3.28. The first-order valence-corrected chi connectivity index (χ1v) is 7.42. The van der Waals surface area contributed by atoms with Gasteiger partial charge < -0.3 is 5.11 Å². The number of fused-ring (bicyclic) bond motifs is 1. The van der Waals surface area contributed by atoms with Crippen molar-refractivity contribution < 1.29 is 5.11 Å². The molecular weight excluding hydrogens is 246 g/mol. The summed E-state index contributed by atoms with van der Waals surface area (Å²) < 4.78 is 0. The summed E-state index contributed by atoms with van der Waals surface area (Å²) in [5.41, 5.74) is 4.84. The van der Waals surface area contributed by atoms with Gasteiger partial charge in [-0.15, -0.1) is 0 Å². The minimum absolute atomic E-state index is 0.396. The normalized spacial score (nSPS) is 19.4. The van der Waals surface area contributed by atoms with Gasteiger partial charge in [0.15, 0.2) is 0 Å². The van der Waals surface area contributed by atoms with Gasteiger partial charge in [-0.1, -0.05) is 24.3 Å². The summed E-state index contributed by atoms with van der Waals surface area (Å²) in [6.45, 7) is 1.96. The first kappa shape index (κ1) is 13.3. The number of nitrogens with zero attached hydrogens (tertiary/aromatic N) is 1. The lowest BCUT2D eigenvalue weighted by molar-refractivity contribution is 0.154. The molecule has 3 rings (SSSR count). The number of hydrogen-bond donors (Lipinski definition) is 1. The molecule has 1 aromatic heterocycles. The second-order valence-electron chi connectivity index (χ2n) is 5.77. The van der Waals surface area contributed by atoms with Gasteiger partial charge in [0.2, 0.25) is 0 Å². The maximum atomic E-state index is 10.5. The van der Waals surface area contributed by atoms with Crippen LogP contribution in [0.3, 0.4) is 0 Å². The smallest absolute Gasteiger partial charge is 0.0797 e. The van der Waals surface area contributed by atoms with E-state index in [1.807, 2.05) is 19.1 Å². The predicted molar refractivity (Wildman–Crippen MR) is 80.7 cm³/mol. The van der Waals surface area contributed by atoms with Crippen LogP contribution in [-0.4, -0.2) is 10.1 Å². The van der Waals surface area contributed by atoms with Crippen LogP contribution in [0.25, 0.3) is 0 Å². The van der Waals surface area contributed by atoms with Gasteiger partial charge in [0.25, 0.3) is 0 Å². The van der Waals surface area contributed by atoms with E-state index >= 15 is 0 Å². The number of aromatic nitrogens is 1. The highest BCUT2D eigenvalue weighted by atomic mass is 16.3. The molecule has 0 amide bonds. The van der Waals surface area contributed by atoms with Crippen molar-refractivity contribution >= 4 is 0 Å². The molecule has 0 spiro atoms. The molecule has 0 saturated carbocycles. The molecule has 2 atom stereocenters. The van der Waals surface area contributed by atoms with Crippen LogP contribution >= 0.6 is 0 Å². The Bertz CT molecular complexity index is 593. The summed E-state index contributed by atoms with van der Waals surface area (Å²) in [5.74, 6) is 0.475. The third-order valence-electron chi connectivity index (χ3n) is 4.31. The van der Waals surface area contributed by atoms with Crippen molar-refractivity contribution in [1.29, 1.82) is 0 Å². The van der Waals surface area contributed by atoms with Crippen LogP contribution in [0.5, 0.6) is 0 Å². The molecule has 0 bridgehead atoms. The Hall–Kier alpha value is -1.67. The van der Waals surface area contributed by atoms with Gasteiger partial charge in [0.1, 0.15) is 0 Å². The Labute approximate surface area is 120 Å². The first-order valence-electron chi connectivity index (χ1n) is 7.42. The molecule has 1 heterocycles. The van der Waals surface area contributed by atoms with Crippen LogP contribution in [0, 0.1) is 6.92 Å². The maximum Gasteiger partial charge on any atom is 0.0797 e. The second kappa shape index (κ2) is 5.76. The topological polar surface area (TPSA) is 33.1 Å². The van der Waals surface area contributed by atoms with Crippen LogP contribution in [0.4, 0.5) is 0 Å². The Kier molecular flexibility index (Phi) is 3.83. The zero-order valence-electron chi connectivity index (χ0n) is 11.9. The van der Waals surface area contributed by atoms with Crippen molar-refractivity contribution in [3.05, 3.63) is 65.0 Å². The Morgan fingerprint density at radius 1 is 1.30 bits per heavy atom. The highest BCUT2D eigenvalue weighted by molar-refractivity contribution is 5.33. The molecule has 1 aliphatic rings. The maximum absolute atomic E-state index is 10.5. The van der Waals surface area contributed by atoms with Gasteiger partial charge in [0.05, 0.1) is 6.10 Å². The average molecular weight is 267 g/mol. The molecule has 1 N–H and O–H groups in total. The zero-order valence-corrected chi connectivity index (χ0v) is 11.9. The predicted octanol–water partition coefficient (Wildman–Crippen LogP) is 3.93. The second-order valence-corrected chi connectivity index (χ2v) is 5.77. The van der Waals surface area contributed by atoms with Gasteiger partial charge >= 0.3 is 0 Å². The van der Waals surface area contributed by atoms with Crippen molar-refractivity contribution in [2.75, 3.05) is 0 Å². The lowest BCUT2D eigenvalue weighted by atomic mass is 9.79. The standard InChI is InChI=1S/C18H21NO/c1-13-11-16(9-10-19-13)18(20)12-15-7-4-6-14-5-2-3-8-17(14)15/h2-3,5,8-11,15,18,20H,4,6-7,12H2,1H3. The third kappa shape index (κ3) is 2.75. The number of pyridine rings is 1. The third-order valence-corrected chi connectivity index (χ3v) is 4.31. The number of rotatable bonds is 3. The molecule has 2 heteroatoms. The summed E-state index contributed by atoms with van der Waals surface area (Å²) in [5, 5.41) is 10.5. The molecule has 2 aromatic rings.